The normalized spacial score (nSPS) is 52.2. The number of hydrogen-bond acceptors (Lipinski definition) is 2. The van der Waals surface area contributed by atoms with Crippen LogP contribution in [0.4, 0.5) is 0 Å². The highest BCUT2D eigenvalue weighted by atomic mass is 16.5. The molecule has 0 heterocycles. The summed E-state index contributed by atoms with van der Waals surface area (Å²) in [7, 11) is 0. The van der Waals surface area contributed by atoms with E-state index in [1.165, 1.54) is 25.7 Å². The SMILES string of the molecule is CC1(C(=O)OC2CC3CCC2C3)CC2C=CC1C2. The largest absolute Gasteiger partial charge is 0.462 e. The number of carbonyl (C=O) groups is 1. The van der Waals surface area contributed by atoms with Crippen molar-refractivity contribution in [3.05, 3.63) is 12.2 Å². The fourth-order valence-corrected chi connectivity index (χ4v) is 4.93. The number of carbonyl (C=O) groups excluding carboxylic acids is 1. The number of rotatable bonds is 2. The van der Waals surface area contributed by atoms with Crippen LogP contribution in [-0.2, 0) is 9.53 Å². The van der Waals surface area contributed by atoms with Gasteiger partial charge in [0.2, 0.25) is 0 Å². The van der Waals surface area contributed by atoms with Gasteiger partial charge in [-0.3, -0.25) is 4.79 Å². The van der Waals surface area contributed by atoms with Crippen molar-refractivity contribution in [1.82, 2.24) is 0 Å². The Morgan fingerprint density at radius 2 is 2.11 bits per heavy atom. The molecule has 3 fully saturated rings. The van der Waals surface area contributed by atoms with E-state index < -0.39 is 0 Å². The van der Waals surface area contributed by atoms with Crippen LogP contribution in [0, 0.1) is 29.1 Å². The van der Waals surface area contributed by atoms with Crippen molar-refractivity contribution in [2.24, 2.45) is 29.1 Å². The van der Waals surface area contributed by atoms with E-state index in [0.29, 0.717) is 17.8 Å². The summed E-state index contributed by atoms with van der Waals surface area (Å²) in [6.07, 6.45) is 12.0. The molecule has 4 aliphatic rings. The Hall–Kier alpha value is -0.790. The number of fused-ring (bicyclic) bond motifs is 4. The van der Waals surface area contributed by atoms with Gasteiger partial charge in [0.1, 0.15) is 6.10 Å². The van der Waals surface area contributed by atoms with Crippen molar-refractivity contribution < 1.29 is 9.53 Å². The molecule has 3 saturated carbocycles. The molecule has 0 radical (unpaired) electrons. The first-order valence-corrected chi connectivity index (χ1v) is 7.54. The van der Waals surface area contributed by atoms with Gasteiger partial charge in [0, 0.05) is 0 Å². The third-order valence-electron chi connectivity index (χ3n) is 6.07. The average molecular weight is 246 g/mol. The highest BCUT2D eigenvalue weighted by Crippen LogP contribution is 2.53. The molecule has 0 aliphatic heterocycles. The highest BCUT2D eigenvalue weighted by molar-refractivity contribution is 5.78. The van der Waals surface area contributed by atoms with Gasteiger partial charge >= 0.3 is 5.97 Å². The zero-order valence-electron chi connectivity index (χ0n) is 11.1. The summed E-state index contributed by atoms with van der Waals surface area (Å²) in [5.41, 5.74) is -0.221. The minimum Gasteiger partial charge on any atom is -0.462 e. The van der Waals surface area contributed by atoms with Crippen molar-refractivity contribution in [3.63, 3.8) is 0 Å². The molecular weight excluding hydrogens is 224 g/mol. The summed E-state index contributed by atoms with van der Waals surface area (Å²) in [6, 6.07) is 0. The molecule has 0 aromatic rings. The smallest absolute Gasteiger partial charge is 0.312 e. The molecule has 0 aromatic carbocycles. The fourth-order valence-electron chi connectivity index (χ4n) is 4.93. The van der Waals surface area contributed by atoms with Gasteiger partial charge in [-0.1, -0.05) is 12.2 Å². The monoisotopic (exact) mass is 246 g/mol. The van der Waals surface area contributed by atoms with Crippen molar-refractivity contribution in [2.75, 3.05) is 0 Å². The average Bonchev–Trinajstić information content (AvgIpc) is 3.07. The van der Waals surface area contributed by atoms with Gasteiger partial charge in [0.15, 0.2) is 0 Å². The summed E-state index contributed by atoms with van der Waals surface area (Å²) in [6.45, 7) is 2.12. The van der Waals surface area contributed by atoms with Crippen LogP contribution < -0.4 is 0 Å². The maximum absolute atomic E-state index is 12.5. The van der Waals surface area contributed by atoms with E-state index >= 15 is 0 Å². The fraction of sp³-hybridized carbons (Fsp3) is 0.812. The lowest BCUT2D eigenvalue weighted by Crippen LogP contribution is -2.37. The lowest BCUT2D eigenvalue weighted by atomic mass is 9.77. The molecule has 0 spiro atoms. The second-order valence-electron chi connectivity index (χ2n) is 7.23. The van der Waals surface area contributed by atoms with Gasteiger partial charge in [0.25, 0.3) is 0 Å². The van der Waals surface area contributed by atoms with Gasteiger partial charge in [-0.05, 0) is 69.1 Å². The first-order valence-electron chi connectivity index (χ1n) is 7.54. The van der Waals surface area contributed by atoms with Crippen LogP contribution in [-0.4, -0.2) is 12.1 Å². The molecule has 4 aliphatic carbocycles. The van der Waals surface area contributed by atoms with Gasteiger partial charge < -0.3 is 4.74 Å². The van der Waals surface area contributed by atoms with Crippen LogP contribution >= 0.6 is 0 Å². The van der Waals surface area contributed by atoms with Crippen molar-refractivity contribution in [1.29, 1.82) is 0 Å². The molecule has 98 valence electrons. The maximum atomic E-state index is 12.5. The third kappa shape index (κ3) is 1.44. The van der Waals surface area contributed by atoms with Crippen LogP contribution in [0.25, 0.3) is 0 Å². The number of ether oxygens (including phenoxy) is 1. The zero-order chi connectivity index (χ0) is 12.3. The summed E-state index contributed by atoms with van der Waals surface area (Å²) in [4.78, 5) is 12.5. The van der Waals surface area contributed by atoms with E-state index in [1.54, 1.807) is 0 Å². The highest BCUT2D eigenvalue weighted by Gasteiger charge is 2.52. The standard InChI is InChI=1S/C16H22O2/c1-16(9-11-3-5-13(16)7-11)15(17)18-14-8-10-2-4-12(14)6-10/h3,5,10-14H,2,4,6-9H2,1H3. The molecule has 6 unspecified atom stereocenters. The Labute approximate surface area is 109 Å². The van der Waals surface area contributed by atoms with Gasteiger partial charge in [-0.2, -0.15) is 0 Å². The van der Waals surface area contributed by atoms with Gasteiger partial charge in [-0.25, -0.2) is 0 Å². The van der Waals surface area contributed by atoms with Gasteiger partial charge in [-0.15, -0.1) is 0 Å². The Balaban J connectivity index is 1.46. The van der Waals surface area contributed by atoms with Gasteiger partial charge in [0.05, 0.1) is 5.41 Å². The molecule has 0 N–H and O–H groups in total. The van der Waals surface area contributed by atoms with E-state index in [9.17, 15) is 4.79 Å². The topological polar surface area (TPSA) is 26.3 Å². The van der Waals surface area contributed by atoms with Crippen molar-refractivity contribution >= 4 is 5.97 Å². The van der Waals surface area contributed by atoms with Crippen molar-refractivity contribution in [3.8, 4) is 0 Å². The van der Waals surface area contributed by atoms with Crippen LogP contribution in [0.5, 0.6) is 0 Å². The first-order chi connectivity index (χ1) is 8.65. The molecule has 4 bridgehead atoms. The van der Waals surface area contributed by atoms with E-state index in [1.807, 2.05) is 0 Å². The van der Waals surface area contributed by atoms with E-state index in [2.05, 4.69) is 19.1 Å². The summed E-state index contributed by atoms with van der Waals surface area (Å²) in [5, 5.41) is 0. The number of esters is 1. The third-order valence-corrected chi connectivity index (χ3v) is 6.07. The minimum atomic E-state index is -0.221. The molecule has 4 rings (SSSR count). The molecule has 0 amide bonds. The lowest BCUT2D eigenvalue weighted by molar-refractivity contribution is -0.164. The Kier molecular flexibility index (Phi) is 2.22. The van der Waals surface area contributed by atoms with E-state index in [4.69, 9.17) is 4.74 Å². The predicted octanol–water partition coefficient (Wildman–Crippen LogP) is 3.32. The minimum absolute atomic E-state index is 0.0944. The zero-order valence-corrected chi connectivity index (χ0v) is 11.1. The van der Waals surface area contributed by atoms with Crippen LogP contribution in [0.1, 0.15) is 45.4 Å². The molecule has 2 heteroatoms. The summed E-state index contributed by atoms with van der Waals surface area (Å²) < 4.78 is 5.91. The number of hydrogen-bond donors (Lipinski definition) is 0. The molecule has 2 nitrogen and oxygen atoms in total. The Morgan fingerprint density at radius 1 is 1.22 bits per heavy atom. The Morgan fingerprint density at radius 3 is 2.67 bits per heavy atom. The summed E-state index contributed by atoms with van der Waals surface area (Å²) in [5.74, 6) is 2.69. The van der Waals surface area contributed by atoms with E-state index in [-0.39, 0.29) is 17.5 Å². The second kappa shape index (κ2) is 3.61. The van der Waals surface area contributed by atoms with E-state index in [0.717, 1.165) is 18.8 Å². The van der Waals surface area contributed by atoms with Crippen LogP contribution in [0.2, 0.25) is 0 Å². The predicted molar refractivity (Wildman–Crippen MR) is 68.8 cm³/mol. The Bertz CT molecular complexity index is 413. The van der Waals surface area contributed by atoms with Crippen LogP contribution in [0.15, 0.2) is 12.2 Å². The molecule has 0 aromatic heterocycles. The molecule has 0 saturated heterocycles. The van der Waals surface area contributed by atoms with Crippen molar-refractivity contribution in [2.45, 2.75) is 51.6 Å². The molecule has 18 heavy (non-hydrogen) atoms. The second-order valence-corrected chi connectivity index (χ2v) is 7.23. The molecular formula is C16H22O2. The molecule has 6 atom stereocenters. The number of allylic oxidation sites excluding steroid dienone is 2. The summed E-state index contributed by atoms with van der Waals surface area (Å²) >= 11 is 0. The van der Waals surface area contributed by atoms with Crippen LogP contribution in [0.3, 0.4) is 0 Å². The quantitative estimate of drug-likeness (QED) is 0.552. The maximum Gasteiger partial charge on any atom is 0.312 e. The lowest BCUT2D eigenvalue weighted by Gasteiger charge is -2.32. The first kappa shape index (κ1) is 11.1.